The number of hydrogen-bond acceptors (Lipinski definition) is 6. The third-order valence-corrected chi connectivity index (χ3v) is 4.24. The Morgan fingerprint density at radius 3 is 2.55 bits per heavy atom. The van der Waals surface area contributed by atoms with E-state index < -0.39 is 5.91 Å². The van der Waals surface area contributed by atoms with Gasteiger partial charge in [-0.3, -0.25) is 4.79 Å². The van der Waals surface area contributed by atoms with Crippen LogP contribution in [0.25, 0.3) is 33.3 Å². The minimum absolute atomic E-state index is 0.00113. The number of carbonyl (C=O) groups excluding carboxylic acids is 1. The summed E-state index contributed by atoms with van der Waals surface area (Å²) in [6, 6.07) is 22.5. The number of fused-ring (bicyclic) bond motifs is 3. The van der Waals surface area contributed by atoms with Crippen LogP contribution in [0.1, 0.15) is 10.5 Å². The Balaban J connectivity index is 1.93. The number of carbonyl (C=O) groups is 1. The van der Waals surface area contributed by atoms with E-state index in [0.717, 1.165) is 27.6 Å². The third kappa shape index (κ3) is 5.30. The van der Waals surface area contributed by atoms with Gasteiger partial charge in [-0.25, -0.2) is 15.0 Å². The van der Waals surface area contributed by atoms with Gasteiger partial charge in [0.1, 0.15) is 11.5 Å². The zero-order valence-electron chi connectivity index (χ0n) is 16.4. The number of amides is 1. The van der Waals surface area contributed by atoms with Gasteiger partial charge in [-0.05, 0) is 24.3 Å². The molecule has 1 amide bonds. The number of rotatable bonds is 1. The molecule has 0 atom stereocenters. The van der Waals surface area contributed by atoms with Crippen molar-refractivity contribution in [2.75, 3.05) is 0 Å². The van der Waals surface area contributed by atoms with Crippen LogP contribution in [0.15, 0.2) is 107 Å². The molecular weight excluding hydrogens is 392 g/mol. The van der Waals surface area contributed by atoms with Gasteiger partial charge in [-0.1, -0.05) is 42.5 Å². The van der Waals surface area contributed by atoms with Crippen molar-refractivity contribution in [1.82, 2.24) is 15.0 Å². The zero-order chi connectivity index (χ0) is 21.5. The molecule has 7 nitrogen and oxygen atoms in total. The number of pyridine rings is 1. The third-order valence-electron chi connectivity index (χ3n) is 4.24. The maximum atomic E-state index is 11.6. The molecule has 2 aromatic rings. The highest BCUT2D eigenvalue weighted by molar-refractivity contribution is 5.91. The maximum absolute atomic E-state index is 11.6. The van der Waals surface area contributed by atoms with Gasteiger partial charge in [0.2, 0.25) is 5.71 Å². The van der Waals surface area contributed by atoms with Crippen molar-refractivity contribution in [2.45, 2.75) is 0 Å². The van der Waals surface area contributed by atoms with E-state index in [1.54, 1.807) is 0 Å². The summed E-state index contributed by atoms with van der Waals surface area (Å²) in [4.78, 5) is 24.1. The van der Waals surface area contributed by atoms with Gasteiger partial charge in [0.25, 0.3) is 5.91 Å². The standard InChI is InChI=1S/C24H18N4O3/c25-23(29)21-10-13-30-24-19(14-17-6-4-5-9-20(17)28-24)8-3-1-2-7-18-15-22(18)31-16-26-11-12-27-21/h1-16H,(H2,25,29). The fourth-order valence-corrected chi connectivity index (χ4v) is 2.67. The average molecular weight is 410 g/mol. The molecule has 0 fully saturated rings. The Hall–Kier alpha value is -4.52. The second-order valence-electron chi connectivity index (χ2n) is 6.42. The molecule has 31 heavy (non-hydrogen) atoms. The smallest absolute Gasteiger partial charge is 0.267 e. The summed E-state index contributed by atoms with van der Waals surface area (Å²) >= 11 is 0. The molecule has 152 valence electrons. The Kier molecular flexibility index (Phi) is 5.95. The van der Waals surface area contributed by atoms with E-state index in [0.29, 0.717) is 5.71 Å². The Labute approximate surface area is 177 Å². The van der Waals surface area contributed by atoms with Gasteiger partial charge in [-0.15, -0.1) is 0 Å². The van der Waals surface area contributed by atoms with Crippen molar-refractivity contribution in [1.29, 1.82) is 0 Å². The minimum Gasteiger partial charge on any atom is -0.446 e. The zero-order valence-corrected chi connectivity index (χ0v) is 16.4. The van der Waals surface area contributed by atoms with Crippen molar-refractivity contribution in [2.24, 2.45) is 5.73 Å². The Morgan fingerprint density at radius 2 is 1.65 bits per heavy atom. The van der Waals surface area contributed by atoms with Crippen molar-refractivity contribution in [3.8, 4) is 11.3 Å². The number of nitrogens with two attached hydrogens (primary N) is 1. The van der Waals surface area contributed by atoms with Crippen LogP contribution in [0.2, 0.25) is 0 Å². The second kappa shape index (κ2) is 9.32. The highest BCUT2D eigenvalue weighted by atomic mass is 16.3. The lowest BCUT2D eigenvalue weighted by Crippen LogP contribution is -2.11. The average Bonchev–Trinajstić information content (AvgIpc) is 3.51. The van der Waals surface area contributed by atoms with Gasteiger partial charge in [0.15, 0.2) is 6.39 Å². The van der Waals surface area contributed by atoms with Crippen molar-refractivity contribution in [3.05, 3.63) is 104 Å². The van der Waals surface area contributed by atoms with Gasteiger partial charge in [0.05, 0.1) is 11.8 Å². The minimum atomic E-state index is -0.703. The molecule has 2 heterocycles. The number of nitrogens with zero attached hydrogens (tertiary/aromatic N) is 3. The highest BCUT2D eigenvalue weighted by Gasteiger charge is 2.08. The largest absolute Gasteiger partial charge is 0.446 e. The van der Waals surface area contributed by atoms with E-state index in [9.17, 15) is 4.79 Å². The fourth-order valence-electron chi connectivity index (χ4n) is 2.67. The summed E-state index contributed by atoms with van der Waals surface area (Å²) < 4.78 is 11.1. The molecule has 0 saturated heterocycles. The highest BCUT2D eigenvalue weighted by Crippen LogP contribution is 2.28. The summed E-state index contributed by atoms with van der Waals surface area (Å²) in [5.74, 6) is 0.0348. The first kappa shape index (κ1) is 19.8. The van der Waals surface area contributed by atoms with Gasteiger partial charge < -0.3 is 14.6 Å². The molecule has 0 unspecified atom stereocenters. The van der Waals surface area contributed by atoms with E-state index in [2.05, 4.69) is 15.0 Å². The lowest BCUT2D eigenvalue weighted by molar-refractivity contribution is 0.0995. The molecule has 7 heteroatoms. The van der Waals surface area contributed by atoms with Crippen molar-refractivity contribution >= 4 is 27.9 Å². The van der Waals surface area contributed by atoms with E-state index in [4.69, 9.17) is 14.6 Å². The summed E-state index contributed by atoms with van der Waals surface area (Å²) in [6.45, 7) is 0. The molecule has 0 radical (unpaired) electrons. The van der Waals surface area contributed by atoms with Crippen LogP contribution in [0, 0.1) is 0 Å². The molecule has 2 aliphatic rings. The number of benzene rings is 1. The predicted octanol–water partition coefficient (Wildman–Crippen LogP) is 4.94. The molecule has 0 bridgehead atoms. The van der Waals surface area contributed by atoms with Crippen LogP contribution < -0.4 is 5.73 Å². The molecule has 0 spiro atoms. The number of aromatic nitrogens is 3. The lowest BCUT2D eigenvalue weighted by Gasteiger charge is -1.97. The fraction of sp³-hybridized carbons (Fsp3) is 0. The van der Waals surface area contributed by atoms with Gasteiger partial charge in [-0.2, -0.15) is 0 Å². The second-order valence-corrected chi connectivity index (χ2v) is 6.42. The first-order valence-corrected chi connectivity index (χ1v) is 9.42. The van der Waals surface area contributed by atoms with Gasteiger partial charge in [0, 0.05) is 34.8 Å². The van der Waals surface area contributed by atoms with E-state index in [1.807, 2.05) is 66.7 Å². The summed E-state index contributed by atoms with van der Waals surface area (Å²) in [5.41, 5.74) is 7.53. The van der Waals surface area contributed by atoms with Crippen LogP contribution in [0.4, 0.5) is 0 Å². The summed E-state index contributed by atoms with van der Waals surface area (Å²) in [6.07, 6.45) is 5.33. The van der Waals surface area contributed by atoms with E-state index in [-0.39, 0.29) is 5.69 Å². The van der Waals surface area contributed by atoms with Gasteiger partial charge >= 0.3 is 0 Å². The molecule has 1 aromatic heterocycles. The molecule has 1 aliphatic carbocycles. The Morgan fingerprint density at radius 1 is 0.839 bits per heavy atom. The quantitative estimate of drug-likeness (QED) is 0.476. The number of hydrogen-bond donors (Lipinski definition) is 1. The molecule has 4 rings (SSSR count). The lowest BCUT2D eigenvalue weighted by atomic mass is 10.2. The maximum Gasteiger partial charge on any atom is 0.267 e. The van der Waals surface area contributed by atoms with Crippen LogP contribution in [-0.2, 0) is 0 Å². The summed E-state index contributed by atoms with van der Waals surface area (Å²) in [7, 11) is 0. The van der Waals surface area contributed by atoms with E-state index in [1.165, 1.54) is 31.1 Å². The SMILES string of the molecule is NC(=O)c1ccoc2nc3ccccc3cc2cccccc2cc-2ocnccn1. The molecular formula is C24H18N4O3. The first-order chi connectivity index (χ1) is 15.2. The summed E-state index contributed by atoms with van der Waals surface area (Å²) in [5, 5.41) is 1.76. The topological polar surface area (TPSA) is 108 Å². The van der Waals surface area contributed by atoms with Crippen LogP contribution in [-0.4, -0.2) is 20.9 Å². The number of primary amides is 1. The van der Waals surface area contributed by atoms with Crippen LogP contribution in [0.3, 0.4) is 0 Å². The predicted molar refractivity (Wildman–Crippen MR) is 117 cm³/mol. The molecule has 1 aromatic carbocycles. The normalized spacial score (nSPS) is 10.2. The Bertz CT molecular complexity index is 1390. The molecule has 1 aliphatic heterocycles. The molecule has 2 N–H and O–H groups in total. The molecule has 0 saturated carbocycles. The van der Waals surface area contributed by atoms with Crippen molar-refractivity contribution < 1.29 is 13.6 Å². The van der Waals surface area contributed by atoms with Crippen molar-refractivity contribution in [3.63, 3.8) is 0 Å². The monoisotopic (exact) mass is 410 g/mol. The first-order valence-electron chi connectivity index (χ1n) is 9.42. The van der Waals surface area contributed by atoms with Crippen LogP contribution >= 0.6 is 0 Å². The van der Waals surface area contributed by atoms with Crippen LogP contribution in [0.5, 0.6) is 0 Å². The van der Waals surface area contributed by atoms with E-state index >= 15 is 0 Å². The number of para-hydroxylation sites is 1.